The molecule has 0 atom stereocenters. The highest BCUT2D eigenvalue weighted by molar-refractivity contribution is 5.69. The smallest absolute Gasteiger partial charge is 0.229 e. The Labute approximate surface area is 148 Å². The van der Waals surface area contributed by atoms with E-state index >= 15 is 0 Å². The van der Waals surface area contributed by atoms with Gasteiger partial charge in [0.25, 0.3) is 0 Å². The number of aromatic nitrogens is 7. The molecule has 0 unspecified atom stereocenters. The zero-order chi connectivity index (χ0) is 18.1. The number of anilines is 3. The number of aryl methyl sites for hydroxylation is 1. The fourth-order valence-corrected chi connectivity index (χ4v) is 2.43. The van der Waals surface area contributed by atoms with Crippen LogP contribution < -0.4 is 10.6 Å². The molecule has 4 aromatic rings. The van der Waals surface area contributed by atoms with Crippen molar-refractivity contribution in [2.24, 2.45) is 0 Å². The van der Waals surface area contributed by atoms with Crippen molar-refractivity contribution in [2.45, 2.75) is 6.92 Å². The Balaban J connectivity index is 1.71. The number of pyridine rings is 1. The molecule has 0 radical (unpaired) electrons. The average molecular weight is 349 g/mol. The Bertz CT molecular complexity index is 1060. The van der Waals surface area contributed by atoms with Gasteiger partial charge in [-0.25, -0.2) is 19.5 Å². The SMILES string of the molecule is CNc1cc(C)nc(Nc2cnc(O)c(-c3nc4cnccn4n3)c2)n1. The highest BCUT2D eigenvalue weighted by Crippen LogP contribution is 2.28. The molecule has 0 aliphatic rings. The number of hydrogen-bond acceptors (Lipinski definition) is 9. The first-order chi connectivity index (χ1) is 12.6. The third-order valence-electron chi connectivity index (χ3n) is 3.62. The second-order valence-corrected chi connectivity index (χ2v) is 5.50. The van der Waals surface area contributed by atoms with Gasteiger partial charge < -0.3 is 15.7 Å². The van der Waals surface area contributed by atoms with E-state index in [9.17, 15) is 5.11 Å². The maximum atomic E-state index is 10.1. The van der Waals surface area contributed by atoms with Gasteiger partial charge >= 0.3 is 0 Å². The molecule has 3 N–H and O–H groups in total. The monoisotopic (exact) mass is 349 g/mol. The summed E-state index contributed by atoms with van der Waals surface area (Å²) in [5, 5.41) is 20.5. The van der Waals surface area contributed by atoms with Crippen LogP contribution in [0, 0.1) is 6.92 Å². The van der Waals surface area contributed by atoms with Crippen molar-refractivity contribution in [2.75, 3.05) is 17.7 Å². The van der Waals surface area contributed by atoms with E-state index in [0.29, 0.717) is 34.5 Å². The van der Waals surface area contributed by atoms with Gasteiger partial charge in [-0.2, -0.15) is 4.98 Å². The van der Waals surface area contributed by atoms with Crippen molar-refractivity contribution in [3.63, 3.8) is 0 Å². The first-order valence-corrected chi connectivity index (χ1v) is 7.78. The minimum atomic E-state index is -0.166. The van der Waals surface area contributed by atoms with Gasteiger partial charge in [0.2, 0.25) is 11.8 Å². The summed E-state index contributed by atoms with van der Waals surface area (Å²) in [4.78, 5) is 21.0. The average Bonchev–Trinajstić information content (AvgIpc) is 3.06. The van der Waals surface area contributed by atoms with Crippen molar-refractivity contribution in [1.29, 1.82) is 0 Å². The van der Waals surface area contributed by atoms with E-state index in [1.807, 2.05) is 13.0 Å². The second-order valence-electron chi connectivity index (χ2n) is 5.50. The summed E-state index contributed by atoms with van der Waals surface area (Å²) < 4.78 is 1.57. The maximum Gasteiger partial charge on any atom is 0.229 e. The van der Waals surface area contributed by atoms with Crippen molar-refractivity contribution in [1.82, 2.24) is 34.5 Å². The lowest BCUT2D eigenvalue weighted by Gasteiger charge is -2.09. The number of nitrogens with zero attached hydrogens (tertiary/aromatic N) is 7. The molecule has 4 aromatic heterocycles. The Morgan fingerprint density at radius 2 is 2.00 bits per heavy atom. The molecule has 0 aliphatic carbocycles. The third-order valence-corrected chi connectivity index (χ3v) is 3.62. The molecular formula is C16H15N9O. The van der Waals surface area contributed by atoms with Gasteiger partial charge in [0.1, 0.15) is 5.82 Å². The second kappa shape index (κ2) is 6.24. The summed E-state index contributed by atoms with van der Waals surface area (Å²) in [6.45, 7) is 1.88. The Hall–Kier alpha value is -3.82. The Kier molecular flexibility index (Phi) is 3.77. The lowest BCUT2D eigenvalue weighted by molar-refractivity contribution is 0.455. The summed E-state index contributed by atoms with van der Waals surface area (Å²) in [5.41, 5.74) is 2.37. The fraction of sp³-hybridized carbons (Fsp3) is 0.125. The number of nitrogens with one attached hydrogen (secondary N) is 2. The van der Waals surface area contributed by atoms with E-state index in [1.165, 1.54) is 6.20 Å². The van der Waals surface area contributed by atoms with Crippen molar-refractivity contribution < 1.29 is 5.11 Å². The van der Waals surface area contributed by atoms with Crippen LogP contribution in [0.2, 0.25) is 0 Å². The van der Waals surface area contributed by atoms with Crippen LogP contribution in [0.5, 0.6) is 5.88 Å². The highest BCUT2D eigenvalue weighted by Gasteiger charge is 2.14. The van der Waals surface area contributed by atoms with E-state index in [4.69, 9.17) is 0 Å². The van der Waals surface area contributed by atoms with Gasteiger partial charge in [-0.05, 0) is 13.0 Å². The lowest BCUT2D eigenvalue weighted by Crippen LogP contribution is -2.02. The van der Waals surface area contributed by atoms with Crippen molar-refractivity contribution >= 4 is 23.1 Å². The van der Waals surface area contributed by atoms with E-state index < -0.39 is 0 Å². The quantitative estimate of drug-likeness (QED) is 0.505. The van der Waals surface area contributed by atoms with Crippen LogP contribution >= 0.6 is 0 Å². The molecular weight excluding hydrogens is 334 g/mol. The molecule has 0 saturated heterocycles. The van der Waals surface area contributed by atoms with Gasteiger partial charge in [0.05, 0.1) is 23.6 Å². The normalized spacial score (nSPS) is 10.8. The molecule has 4 rings (SSSR count). The van der Waals surface area contributed by atoms with Gasteiger partial charge in [-0.15, -0.1) is 5.10 Å². The largest absolute Gasteiger partial charge is 0.493 e. The van der Waals surface area contributed by atoms with Crippen LogP contribution in [0.15, 0.2) is 36.9 Å². The van der Waals surface area contributed by atoms with Crippen LogP contribution in [0.25, 0.3) is 17.0 Å². The summed E-state index contributed by atoms with van der Waals surface area (Å²) >= 11 is 0. The first kappa shape index (κ1) is 15.7. The van der Waals surface area contributed by atoms with Gasteiger partial charge in [-0.1, -0.05) is 0 Å². The molecule has 26 heavy (non-hydrogen) atoms. The van der Waals surface area contributed by atoms with Crippen molar-refractivity contribution in [3.05, 3.63) is 42.6 Å². The predicted octanol–water partition coefficient (Wildman–Crippen LogP) is 1.78. The van der Waals surface area contributed by atoms with E-state index in [2.05, 4.69) is 40.7 Å². The zero-order valence-electron chi connectivity index (χ0n) is 14.0. The van der Waals surface area contributed by atoms with E-state index in [0.717, 1.165) is 5.69 Å². The fourth-order valence-electron chi connectivity index (χ4n) is 2.43. The zero-order valence-corrected chi connectivity index (χ0v) is 14.0. The number of fused-ring (bicyclic) bond motifs is 1. The molecule has 130 valence electrons. The molecule has 0 fully saturated rings. The summed E-state index contributed by atoms with van der Waals surface area (Å²) in [6.07, 6.45) is 6.36. The maximum absolute atomic E-state index is 10.1. The van der Waals surface area contributed by atoms with Crippen LogP contribution in [0.3, 0.4) is 0 Å². The van der Waals surface area contributed by atoms with Gasteiger partial charge in [0.15, 0.2) is 11.5 Å². The van der Waals surface area contributed by atoms with E-state index in [1.54, 1.807) is 36.2 Å². The highest BCUT2D eigenvalue weighted by atomic mass is 16.3. The number of rotatable bonds is 4. The Morgan fingerprint density at radius 3 is 2.81 bits per heavy atom. The molecule has 0 bridgehead atoms. The van der Waals surface area contributed by atoms with Crippen LogP contribution in [-0.2, 0) is 0 Å². The summed E-state index contributed by atoms with van der Waals surface area (Å²) in [5.74, 6) is 1.29. The molecule has 0 saturated carbocycles. The number of hydrogen-bond donors (Lipinski definition) is 3. The molecule has 4 heterocycles. The minimum absolute atomic E-state index is 0.166. The van der Waals surface area contributed by atoms with Crippen LogP contribution in [0.1, 0.15) is 5.69 Å². The van der Waals surface area contributed by atoms with Crippen molar-refractivity contribution in [3.8, 4) is 17.3 Å². The molecule has 10 nitrogen and oxygen atoms in total. The molecule has 0 spiro atoms. The molecule has 0 aromatic carbocycles. The third kappa shape index (κ3) is 2.95. The summed E-state index contributed by atoms with van der Waals surface area (Å²) in [6, 6.07) is 3.52. The summed E-state index contributed by atoms with van der Waals surface area (Å²) in [7, 11) is 1.79. The first-order valence-electron chi connectivity index (χ1n) is 7.78. The molecule has 10 heteroatoms. The van der Waals surface area contributed by atoms with Gasteiger partial charge in [0, 0.05) is 31.2 Å². The van der Waals surface area contributed by atoms with E-state index in [-0.39, 0.29) is 5.88 Å². The standard InChI is InChI=1S/C16H15N9O/c1-9-5-12(17-2)22-16(20-9)21-10-6-11(15(26)19-7-10)14-23-13-8-18-3-4-25(13)24-14/h3-8H,1-2H3,(H,19,26)(H2,17,20,21,22). The minimum Gasteiger partial charge on any atom is -0.493 e. The Morgan fingerprint density at radius 1 is 1.12 bits per heavy atom. The topological polar surface area (TPSA) is 126 Å². The molecule has 0 aliphatic heterocycles. The lowest BCUT2D eigenvalue weighted by atomic mass is 10.2. The van der Waals surface area contributed by atoms with Crippen LogP contribution in [0.4, 0.5) is 17.5 Å². The van der Waals surface area contributed by atoms with Crippen LogP contribution in [-0.4, -0.2) is 46.7 Å². The number of aromatic hydroxyl groups is 1. The predicted molar refractivity (Wildman–Crippen MR) is 95.3 cm³/mol. The van der Waals surface area contributed by atoms with Gasteiger partial charge in [-0.3, -0.25) is 4.98 Å². The molecule has 0 amide bonds.